The second-order valence-electron chi connectivity index (χ2n) is 8.55. The number of hydrogen-bond acceptors (Lipinski definition) is 2. The maximum atomic E-state index is 15.1. The topological polar surface area (TPSA) is 17.1 Å². The lowest BCUT2D eigenvalue weighted by atomic mass is 9.78. The Bertz CT molecular complexity index is 1390. The summed E-state index contributed by atoms with van der Waals surface area (Å²) in [5.74, 6) is 0. The van der Waals surface area contributed by atoms with Crippen LogP contribution in [-0.4, -0.2) is 0 Å². The van der Waals surface area contributed by atoms with Crippen LogP contribution < -0.4 is 15.9 Å². The van der Waals surface area contributed by atoms with Gasteiger partial charge in [0.05, 0.1) is 0 Å². The molecule has 0 radical (unpaired) electrons. The first-order valence-electron chi connectivity index (χ1n) is 10.2. The van der Waals surface area contributed by atoms with E-state index in [0.717, 1.165) is 27.0 Å². The molecule has 1 atom stereocenters. The normalized spacial score (nSPS) is 20.7. The molecule has 2 heterocycles. The molecule has 1 aromatic heterocycles. The van der Waals surface area contributed by atoms with Crippen molar-refractivity contribution < 1.29 is 4.57 Å². The van der Waals surface area contributed by atoms with E-state index in [-0.39, 0.29) is 5.41 Å². The van der Waals surface area contributed by atoms with E-state index in [1.54, 1.807) is 11.3 Å². The van der Waals surface area contributed by atoms with Gasteiger partial charge in [-0.15, -0.1) is 0 Å². The highest BCUT2D eigenvalue weighted by atomic mass is 32.1. The summed E-state index contributed by atoms with van der Waals surface area (Å²) in [5, 5.41) is 6.93. The van der Waals surface area contributed by atoms with Gasteiger partial charge in [-0.2, -0.15) is 11.3 Å². The van der Waals surface area contributed by atoms with Crippen molar-refractivity contribution in [1.29, 1.82) is 0 Å². The zero-order chi connectivity index (χ0) is 20.5. The minimum atomic E-state index is -2.99. The number of allylic oxidation sites excluding steroid dienone is 1. The molecule has 3 heteroatoms. The van der Waals surface area contributed by atoms with Crippen LogP contribution in [0.15, 0.2) is 89.6 Å². The van der Waals surface area contributed by atoms with Crippen molar-refractivity contribution in [3.63, 3.8) is 0 Å². The van der Waals surface area contributed by atoms with Crippen molar-refractivity contribution in [2.24, 2.45) is 0 Å². The van der Waals surface area contributed by atoms with Gasteiger partial charge in [-0.3, -0.25) is 0 Å². The molecular formula is C27H21OPS. The van der Waals surface area contributed by atoms with Crippen LogP contribution in [0.4, 0.5) is 0 Å². The molecule has 1 aliphatic carbocycles. The zero-order valence-electron chi connectivity index (χ0n) is 16.9. The highest BCUT2D eigenvalue weighted by Gasteiger charge is 2.46. The molecule has 30 heavy (non-hydrogen) atoms. The predicted octanol–water partition coefficient (Wildman–Crippen LogP) is 5.95. The van der Waals surface area contributed by atoms with Crippen LogP contribution in [0.2, 0.25) is 0 Å². The van der Waals surface area contributed by atoms with Crippen molar-refractivity contribution >= 4 is 45.5 Å². The second-order valence-corrected chi connectivity index (χ2v) is 12.0. The summed E-state index contributed by atoms with van der Waals surface area (Å²) < 4.78 is 15.1. The average Bonchev–Trinajstić information content (AvgIpc) is 3.37. The van der Waals surface area contributed by atoms with Gasteiger partial charge in [0, 0.05) is 26.7 Å². The first-order chi connectivity index (χ1) is 14.5. The van der Waals surface area contributed by atoms with E-state index in [0.29, 0.717) is 0 Å². The van der Waals surface area contributed by atoms with Crippen molar-refractivity contribution in [3.05, 3.63) is 112 Å². The monoisotopic (exact) mass is 424 g/mol. The van der Waals surface area contributed by atoms with E-state index in [1.165, 1.54) is 22.3 Å². The molecule has 0 amide bonds. The van der Waals surface area contributed by atoms with Gasteiger partial charge in [0.1, 0.15) is 0 Å². The summed E-state index contributed by atoms with van der Waals surface area (Å²) in [7, 11) is -2.99. The molecule has 3 aromatic carbocycles. The van der Waals surface area contributed by atoms with E-state index in [9.17, 15) is 0 Å². The fourth-order valence-electron chi connectivity index (χ4n) is 5.34. The van der Waals surface area contributed by atoms with Crippen LogP contribution in [0.3, 0.4) is 0 Å². The maximum Gasteiger partial charge on any atom is 0.173 e. The molecular weight excluding hydrogens is 403 g/mol. The summed E-state index contributed by atoms with van der Waals surface area (Å²) in [6.45, 7) is 4.60. The van der Waals surface area contributed by atoms with Gasteiger partial charge in [-0.05, 0) is 44.8 Å². The smallest absolute Gasteiger partial charge is 0.173 e. The van der Waals surface area contributed by atoms with E-state index < -0.39 is 7.14 Å². The van der Waals surface area contributed by atoms with Crippen LogP contribution in [0.1, 0.15) is 36.1 Å². The summed E-state index contributed by atoms with van der Waals surface area (Å²) >= 11 is 1.61. The fourth-order valence-corrected chi connectivity index (χ4v) is 9.49. The van der Waals surface area contributed by atoms with Crippen molar-refractivity contribution in [1.82, 2.24) is 0 Å². The van der Waals surface area contributed by atoms with Crippen LogP contribution in [-0.2, 0) is 9.98 Å². The van der Waals surface area contributed by atoms with Gasteiger partial charge in [-0.1, -0.05) is 86.6 Å². The van der Waals surface area contributed by atoms with Crippen molar-refractivity contribution in [2.45, 2.75) is 19.3 Å². The molecule has 0 fully saturated rings. The Morgan fingerprint density at radius 2 is 1.33 bits per heavy atom. The van der Waals surface area contributed by atoms with Crippen LogP contribution in [0, 0.1) is 0 Å². The first-order valence-corrected chi connectivity index (χ1v) is 12.9. The first kappa shape index (κ1) is 18.1. The molecule has 1 nitrogen and oxygen atoms in total. The second kappa shape index (κ2) is 6.17. The summed E-state index contributed by atoms with van der Waals surface area (Å²) in [5.41, 5.74) is 7.20. The molecule has 0 saturated carbocycles. The Morgan fingerprint density at radius 3 is 2.03 bits per heavy atom. The highest BCUT2D eigenvalue weighted by molar-refractivity contribution is 7.85. The summed E-state index contributed by atoms with van der Waals surface area (Å²) in [6.07, 6.45) is 0. The van der Waals surface area contributed by atoms with Gasteiger partial charge in [-0.25, -0.2) is 0 Å². The molecule has 0 saturated heterocycles. The number of hydrogen-bond donors (Lipinski definition) is 0. The summed E-state index contributed by atoms with van der Waals surface area (Å²) in [4.78, 5) is 0. The third-order valence-electron chi connectivity index (χ3n) is 6.64. The fraction of sp³-hybridized carbons (Fsp3) is 0.111. The van der Waals surface area contributed by atoms with Crippen molar-refractivity contribution in [2.75, 3.05) is 0 Å². The average molecular weight is 425 g/mol. The lowest BCUT2D eigenvalue weighted by Gasteiger charge is -2.28. The Balaban J connectivity index is 1.85. The Hall–Kier alpha value is -2.67. The number of thiophene rings is 1. The van der Waals surface area contributed by atoms with E-state index in [4.69, 9.17) is 0 Å². The Kier molecular flexibility index (Phi) is 3.73. The molecule has 0 N–H and O–H groups in total. The van der Waals surface area contributed by atoms with Gasteiger partial charge in [0.25, 0.3) is 0 Å². The molecule has 0 bridgehead atoms. The summed E-state index contributed by atoms with van der Waals surface area (Å²) in [6, 6.07) is 27.4. The van der Waals surface area contributed by atoms with Crippen LogP contribution >= 0.6 is 18.5 Å². The molecule has 146 valence electrons. The largest absolute Gasteiger partial charge is 0.309 e. The molecule has 1 unspecified atom stereocenters. The minimum absolute atomic E-state index is 0.168. The lowest BCUT2D eigenvalue weighted by Crippen LogP contribution is -2.28. The van der Waals surface area contributed by atoms with E-state index in [2.05, 4.69) is 79.9 Å². The number of rotatable bonds is 1. The van der Waals surface area contributed by atoms with Crippen LogP contribution in [0.25, 0.3) is 11.1 Å². The Morgan fingerprint density at radius 1 is 0.733 bits per heavy atom. The molecule has 2 aliphatic rings. The molecule has 1 aliphatic heterocycles. The number of fused-ring (bicyclic) bond motifs is 6. The third kappa shape index (κ3) is 2.16. The molecule has 0 spiro atoms. The lowest BCUT2D eigenvalue weighted by molar-refractivity contribution is 0.592. The van der Waals surface area contributed by atoms with E-state index in [1.807, 2.05) is 23.6 Å². The molecule has 4 aromatic rings. The quantitative estimate of drug-likeness (QED) is 0.345. The highest BCUT2D eigenvalue weighted by Crippen LogP contribution is 2.58. The van der Waals surface area contributed by atoms with Gasteiger partial charge >= 0.3 is 0 Å². The maximum absolute atomic E-state index is 15.1. The van der Waals surface area contributed by atoms with Gasteiger partial charge < -0.3 is 4.57 Å². The number of benzene rings is 3. The van der Waals surface area contributed by atoms with E-state index >= 15 is 4.57 Å². The van der Waals surface area contributed by atoms with Crippen molar-refractivity contribution in [3.8, 4) is 0 Å². The van der Waals surface area contributed by atoms with Gasteiger partial charge in [0.2, 0.25) is 0 Å². The SMILES string of the molecule is CC1(C)C2=C(c3ccccc31)c1ccccc1P(=O)(c1ccsc1)c1ccccc12. The molecule has 6 rings (SSSR count). The minimum Gasteiger partial charge on any atom is -0.309 e. The van der Waals surface area contributed by atoms with Crippen LogP contribution in [0.5, 0.6) is 0 Å². The zero-order valence-corrected chi connectivity index (χ0v) is 18.6. The standard InChI is InChI=1S/C27H21OPS/c1-27(2)22-12-6-3-9-19(22)25-20-10-4-7-13-23(20)29(28,18-15-16-30-17-18)24-14-8-5-11-21(24)26(25)27/h3-17H,1-2H3. The third-order valence-corrected chi connectivity index (χ3v) is 10.6. The predicted molar refractivity (Wildman–Crippen MR) is 129 cm³/mol. The van der Waals surface area contributed by atoms with Gasteiger partial charge in [0.15, 0.2) is 7.14 Å². The Labute approximate surface area is 181 Å².